The van der Waals surface area contributed by atoms with Crippen molar-refractivity contribution in [1.29, 1.82) is 0 Å². The first kappa shape index (κ1) is 12.1. The van der Waals surface area contributed by atoms with Gasteiger partial charge in [0.25, 0.3) is 5.19 Å². The van der Waals surface area contributed by atoms with Gasteiger partial charge in [0.05, 0.1) is 24.3 Å². The van der Waals surface area contributed by atoms with Crippen molar-refractivity contribution in [2.24, 2.45) is 0 Å². The van der Waals surface area contributed by atoms with E-state index in [0.717, 1.165) is 21.7 Å². The molecule has 0 saturated heterocycles. The predicted molar refractivity (Wildman–Crippen MR) is 69.5 cm³/mol. The quantitative estimate of drug-likeness (QED) is 0.909. The number of ether oxygens (including phenoxy) is 1. The van der Waals surface area contributed by atoms with Crippen LogP contribution in [0.25, 0.3) is 11.3 Å². The Hall–Kier alpha value is -1.39. The van der Waals surface area contributed by atoms with E-state index in [9.17, 15) is 5.11 Å². The van der Waals surface area contributed by atoms with Gasteiger partial charge in [-0.25, -0.2) is 4.98 Å². The van der Waals surface area contributed by atoms with Crippen molar-refractivity contribution in [3.63, 3.8) is 0 Å². The van der Waals surface area contributed by atoms with Gasteiger partial charge in [0.15, 0.2) is 0 Å². The fraction of sp³-hybridized carbons (Fsp3) is 0.308. The summed E-state index contributed by atoms with van der Waals surface area (Å²) in [6, 6.07) is 6.22. The summed E-state index contributed by atoms with van der Waals surface area (Å²) < 4.78 is 5.13. The van der Waals surface area contributed by atoms with E-state index in [1.807, 2.05) is 13.8 Å². The van der Waals surface area contributed by atoms with Crippen LogP contribution in [0.3, 0.4) is 0 Å². The van der Waals surface area contributed by atoms with E-state index in [0.29, 0.717) is 5.19 Å². The van der Waals surface area contributed by atoms with Crippen molar-refractivity contribution in [3.05, 3.63) is 34.2 Å². The largest absolute Gasteiger partial charge is 0.473 e. The molecule has 1 aromatic carbocycles. The highest BCUT2D eigenvalue weighted by Gasteiger charge is 2.14. The molecule has 0 unspecified atom stereocenters. The minimum atomic E-state index is -0.0102. The number of nitrogens with zero attached hydrogens (tertiary/aromatic N) is 1. The second-order valence-corrected chi connectivity index (χ2v) is 4.98. The van der Waals surface area contributed by atoms with E-state index >= 15 is 0 Å². The van der Waals surface area contributed by atoms with Crippen molar-refractivity contribution in [2.75, 3.05) is 7.11 Å². The lowest BCUT2D eigenvalue weighted by molar-refractivity contribution is 0.286. The zero-order valence-corrected chi connectivity index (χ0v) is 11.0. The number of aliphatic hydroxyl groups is 1. The van der Waals surface area contributed by atoms with Crippen molar-refractivity contribution >= 4 is 11.3 Å². The summed E-state index contributed by atoms with van der Waals surface area (Å²) in [5.74, 6) is 0. The van der Waals surface area contributed by atoms with Crippen molar-refractivity contribution < 1.29 is 9.84 Å². The number of hydrogen-bond donors (Lipinski definition) is 1. The minimum Gasteiger partial charge on any atom is -0.473 e. The summed E-state index contributed by atoms with van der Waals surface area (Å²) in [6.07, 6.45) is 0. The Morgan fingerprint density at radius 2 is 2.12 bits per heavy atom. The van der Waals surface area contributed by atoms with Gasteiger partial charge in [-0.1, -0.05) is 29.0 Å². The van der Waals surface area contributed by atoms with Gasteiger partial charge in [-0.3, -0.25) is 0 Å². The molecule has 0 amide bonds. The number of aromatic nitrogens is 1. The molecule has 0 saturated carbocycles. The van der Waals surface area contributed by atoms with Gasteiger partial charge in [0, 0.05) is 5.56 Å². The Morgan fingerprint density at radius 1 is 1.35 bits per heavy atom. The number of aryl methyl sites for hydroxylation is 2. The Labute approximate surface area is 105 Å². The van der Waals surface area contributed by atoms with Gasteiger partial charge in [-0.15, -0.1) is 0 Å². The smallest absolute Gasteiger partial charge is 0.273 e. The molecule has 0 fully saturated rings. The van der Waals surface area contributed by atoms with Gasteiger partial charge >= 0.3 is 0 Å². The van der Waals surface area contributed by atoms with E-state index in [1.54, 1.807) is 7.11 Å². The summed E-state index contributed by atoms with van der Waals surface area (Å²) in [5, 5.41) is 9.95. The third-order valence-electron chi connectivity index (χ3n) is 2.64. The van der Waals surface area contributed by atoms with Crippen LogP contribution in [0.15, 0.2) is 18.2 Å². The zero-order chi connectivity index (χ0) is 12.4. The number of methoxy groups -OCH3 is 1. The van der Waals surface area contributed by atoms with Gasteiger partial charge in [-0.05, 0) is 25.5 Å². The van der Waals surface area contributed by atoms with E-state index in [4.69, 9.17) is 4.74 Å². The molecule has 2 aromatic rings. The molecular weight excluding hydrogens is 234 g/mol. The predicted octanol–water partition coefficient (Wildman–Crippen LogP) is 2.93. The molecule has 0 aliphatic carbocycles. The molecule has 17 heavy (non-hydrogen) atoms. The Morgan fingerprint density at radius 3 is 2.76 bits per heavy atom. The maximum atomic E-state index is 9.36. The number of hydrogen-bond acceptors (Lipinski definition) is 4. The van der Waals surface area contributed by atoms with Gasteiger partial charge < -0.3 is 9.84 Å². The SMILES string of the molecule is COc1nc(-c2cc(C)ccc2C)c(CO)s1. The Kier molecular flexibility index (Phi) is 3.45. The minimum absolute atomic E-state index is 0.0102. The standard InChI is InChI=1S/C13H15NO2S/c1-8-4-5-9(2)10(6-8)12-11(7-15)17-13(14-12)16-3/h4-6,15H,7H2,1-3H3. The first-order valence-electron chi connectivity index (χ1n) is 5.38. The zero-order valence-electron chi connectivity index (χ0n) is 10.2. The molecule has 0 atom stereocenters. The van der Waals surface area contributed by atoms with Crippen LogP contribution in [0.4, 0.5) is 0 Å². The second-order valence-electron chi connectivity index (χ2n) is 3.93. The molecule has 1 aromatic heterocycles. The fourth-order valence-electron chi connectivity index (χ4n) is 1.73. The number of rotatable bonds is 3. The van der Waals surface area contributed by atoms with E-state index in [2.05, 4.69) is 23.2 Å². The molecule has 0 aliphatic rings. The summed E-state index contributed by atoms with van der Waals surface area (Å²) in [6.45, 7) is 4.08. The first-order valence-corrected chi connectivity index (χ1v) is 6.19. The molecule has 0 aliphatic heterocycles. The lowest BCUT2D eigenvalue weighted by Crippen LogP contribution is -1.90. The molecule has 3 nitrogen and oxygen atoms in total. The molecule has 1 N–H and O–H groups in total. The summed E-state index contributed by atoms with van der Waals surface area (Å²) >= 11 is 1.39. The molecule has 2 rings (SSSR count). The van der Waals surface area contributed by atoms with E-state index < -0.39 is 0 Å². The van der Waals surface area contributed by atoms with Crippen LogP contribution < -0.4 is 4.74 Å². The monoisotopic (exact) mass is 249 g/mol. The average Bonchev–Trinajstić information content (AvgIpc) is 2.75. The molecule has 0 radical (unpaired) electrons. The van der Waals surface area contributed by atoms with Crippen LogP contribution in [-0.4, -0.2) is 17.2 Å². The summed E-state index contributed by atoms with van der Waals surface area (Å²) in [4.78, 5) is 5.25. The molecule has 4 heteroatoms. The normalized spacial score (nSPS) is 10.6. The molecular formula is C13H15NO2S. The molecule has 90 valence electrons. The maximum Gasteiger partial charge on any atom is 0.273 e. The maximum absolute atomic E-state index is 9.36. The summed E-state index contributed by atoms with van der Waals surface area (Å²) in [5.41, 5.74) is 4.23. The lowest BCUT2D eigenvalue weighted by atomic mass is 10.0. The number of benzene rings is 1. The van der Waals surface area contributed by atoms with Crippen LogP contribution in [0.1, 0.15) is 16.0 Å². The third kappa shape index (κ3) is 2.33. The van der Waals surface area contributed by atoms with Gasteiger partial charge in [0.2, 0.25) is 0 Å². The average molecular weight is 249 g/mol. The summed E-state index contributed by atoms with van der Waals surface area (Å²) in [7, 11) is 1.59. The van der Waals surface area contributed by atoms with Crippen molar-refractivity contribution in [1.82, 2.24) is 4.98 Å². The van der Waals surface area contributed by atoms with Crippen molar-refractivity contribution in [3.8, 4) is 16.5 Å². The van der Waals surface area contributed by atoms with Crippen LogP contribution in [-0.2, 0) is 6.61 Å². The Balaban J connectivity index is 2.58. The van der Waals surface area contributed by atoms with Gasteiger partial charge in [-0.2, -0.15) is 0 Å². The third-order valence-corrected chi connectivity index (χ3v) is 3.65. The van der Waals surface area contributed by atoms with Gasteiger partial charge in [0.1, 0.15) is 0 Å². The number of aliphatic hydroxyl groups excluding tert-OH is 1. The van der Waals surface area contributed by atoms with Crippen LogP contribution in [0.5, 0.6) is 5.19 Å². The molecule has 0 spiro atoms. The highest BCUT2D eigenvalue weighted by atomic mass is 32.1. The highest BCUT2D eigenvalue weighted by molar-refractivity contribution is 7.13. The van der Waals surface area contributed by atoms with Crippen LogP contribution in [0.2, 0.25) is 0 Å². The lowest BCUT2D eigenvalue weighted by Gasteiger charge is -2.05. The second kappa shape index (κ2) is 4.85. The highest BCUT2D eigenvalue weighted by Crippen LogP contribution is 2.34. The van der Waals surface area contributed by atoms with E-state index in [-0.39, 0.29) is 6.61 Å². The van der Waals surface area contributed by atoms with Crippen molar-refractivity contribution in [2.45, 2.75) is 20.5 Å². The molecule has 1 heterocycles. The fourth-order valence-corrected chi connectivity index (χ4v) is 2.47. The molecule has 0 bridgehead atoms. The van der Waals surface area contributed by atoms with E-state index in [1.165, 1.54) is 16.9 Å². The van der Waals surface area contributed by atoms with Crippen LogP contribution in [0, 0.1) is 13.8 Å². The Bertz CT molecular complexity index is 534. The number of thiazole rings is 1. The van der Waals surface area contributed by atoms with Crippen LogP contribution >= 0.6 is 11.3 Å². The first-order chi connectivity index (χ1) is 8.15. The topological polar surface area (TPSA) is 42.4 Å².